The lowest BCUT2D eigenvalue weighted by atomic mass is 10.1. The molecule has 0 aliphatic carbocycles. The van der Waals surface area contributed by atoms with Gasteiger partial charge in [-0.3, -0.25) is 0 Å². The Balaban J connectivity index is 2.02. The molecule has 0 bridgehead atoms. The van der Waals surface area contributed by atoms with Gasteiger partial charge < -0.3 is 14.8 Å². The Labute approximate surface area is 90.4 Å². The molecule has 0 aromatic heterocycles. The maximum atomic E-state index is 5.89. The van der Waals surface area contributed by atoms with Crippen molar-refractivity contribution < 1.29 is 9.47 Å². The van der Waals surface area contributed by atoms with Crippen LogP contribution in [-0.4, -0.2) is 26.3 Å². The molecule has 0 amide bonds. The van der Waals surface area contributed by atoms with Crippen LogP contribution < -0.4 is 14.8 Å². The van der Waals surface area contributed by atoms with E-state index in [0.717, 1.165) is 31.0 Å². The Morgan fingerprint density at radius 1 is 1.27 bits per heavy atom. The van der Waals surface area contributed by atoms with Crippen LogP contribution in [0.15, 0.2) is 24.3 Å². The molecule has 1 saturated heterocycles. The summed E-state index contributed by atoms with van der Waals surface area (Å²) in [5.74, 6) is 1.65. The lowest BCUT2D eigenvalue weighted by molar-refractivity contribution is 0.161. The second-order valence-electron chi connectivity index (χ2n) is 3.74. The van der Waals surface area contributed by atoms with Crippen LogP contribution in [0.5, 0.6) is 11.5 Å². The minimum Gasteiger partial charge on any atom is -0.493 e. The molecule has 0 radical (unpaired) electrons. The summed E-state index contributed by atoms with van der Waals surface area (Å²) in [4.78, 5) is 0. The third-order valence-electron chi connectivity index (χ3n) is 2.61. The van der Waals surface area contributed by atoms with Crippen LogP contribution in [0.1, 0.15) is 12.8 Å². The quantitative estimate of drug-likeness (QED) is 0.820. The van der Waals surface area contributed by atoms with Crippen molar-refractivity contribution in [1.29, 1.82) is 0 Å². The molecule has 3 nitrogen and oxygen atoms in total. The predicted octanol–water partition coefficient (Wildman–Crippen LogP) is 1.83. The van der Waals surface area contributed by atoms with Crippen molar-refractivity contribution in [2.75, 3.05) is 20.2 Å². The zero-order valence-corrected chi connectivity index (χ0v) is 9.03. The number of piperidine rings is 1. The number of hydrogen-bond donors (Lipinski definition) is 1. The van der Waals surface area contributed by atoms with E-state index in [-0.39, 0.29) is 6.10 Å². The maximum absolute atomic E-state index is 5.89. The van der Waals surface area contributed by atoms with E-state index in [1.165, 1.54) is 6.42 Å². The highest BCUT2D eigenvalue weighted by Gasteiger charge is 2.15. The van der Waals surface area contributed by atoms with Crippen LogP contribution in [0.25, 0.3) is 0 Å². The summed E-state index contributed by atoms with van der Waals surface area (Å²) < 4.78 is 11.1. The minimum atomic E-state index is 0.273. The lowest BCUT2D eigenvalue weighted by Crippen LogP contribution is -2.37. The molecule has 1 fully saturated rings. The average molecular weight is 207 g/mol. The fourth-order valence-electron chi connectivity index (χ4n) is 1.82. The van der Waals surface area contributed by atoms with Crippen molar-refractivity contribution in [1.82, 2.24) is 5.32 Å². The fraction of sp³-hybridized carbons (Fsp3) is 0.500. The van der Waals surface area contributed by atoms with Crippen LogP contribution in [0.4, 0.5) is 0 Å². The van der Waals surface area contributed by atoms with E-state index < -0.39 is 0 Å². The monoisotopic (exact) mass is 207 g/mol. The van der Waals surface area contributed by atoms with Crippen molar-refractivity contribution in [2.24, 2.45) is 0 Å². The van der Waals surface area contributed by atoms with Gasteiger partial charge in [-0.25, -0.2) is 0 Å². The summed E-state index contributed by atoms with van der Waals surface area (Å²) in [5, 5.41) is 3.33. The summed E-state index contributed by atoms with van der Waals surface area (Å²) in [6, 6.07) is 7.79. The predicted molar refractivity (Wildman–Crippen MR) is 59.5 cm³/mol. The van der Waals surface area contributed by atoms with Crippen molar-refractivity contribution in [2.45, 2.75) is 18.9 Å². The number of hydrogen-bond acceptors (Lipinski definition) is 3. The van der Waals surface area contributed by atoms with Gasteiger partial charge in [0.1, 0.15) is 6.10 Å². The molecular formula is C12H17NO2. The molecule has 82 valence electrons. The average Bonchev–Trinajstić information content (AvgIpc) is 2.31. The van der Waals surface area contributed by atoms with E-state index in [4.69, 9.17) is 9.47 Å². The summed E-state index contributed by atoms with van der Waals surface area (Å²) in [6.45, 7) is 2.03. The molecule has 0 spiro atoms. The molecule has 3 heteroatoms. The first-order valence-corrected chi connectivity index (χ1v) is 5.40. The maximum Gasteiger partial charge on any atom is 0.161 e. The van der Waals surface area contributed by atoms with E-state index in [0.29, 0.717) is 0 Å². The number of benzene rings is 1. The van der Waals surface area contributed by atoms with E-state index in [1.54, 1.807) is 7.11 Å². The molecule has 1 N–H and O–H groups in total. The van der Waals surface area contributed by atoms with Crippen LogP contribution in [0, 0.1) is 0 Å². The second-order valence-corrected chi connectivity index (χ2v) is 3.74. The Hall–Kier alpha value is -1.22. The first kappa shape index (κ1) is 10.3. The van der Waals surface area contributed by atoms with Crippen LogP contribution in [-0.2, 0) is 0 Å². The van der Waals surface area contributed by atoms with Gasteiger partial charge in [0.05, 0.1) is 7.11 Å². The van der Waals surface area contributed by atoms with E-state index in [1.807, 2.05) is 24.3 Å². The molecular weight excluding hydrogens is 190 g/mol. The normalized spacial score (nSPS) is 21.0. The summed E-state index contributed by atoms with van der Waals surface area (Å²) in [6.07, 6.45) is 2.57. The number of rotatable bonds is 3. The zero-order chi connectivity index (χ0) is 10.5. The van der Waals surface area contributed by atoms with Gasteiger partial charge in [-0.15, -0.1) is 0 Å². The molecule has 1 aromatic carbocycles. The smallest absolute Gasteiger partial charge is 0.161 e. The van der Waals surface area contributed by atoms with Gasteiger partial charge in [-0.1, -0.05) is 12.1 Å². The summed E-state index contributed by atoms with van der Waals surface area (Å²) in [5.41, 5.74) is 0. The number of nitrogens with one attached hydrogen (secondary N) is 1. The standard InChI is InChI=1S/C12H17NO2/c1-14-11-6-2-3-7-12(11)15-10-5-4-8-13-9-10/h2-3,6-7,10,13H,4-5,8-9H2,1H3. The number of para-hydroxylation sites is 2. The molecule has 1 heterocycles. The van der Waals surface area contributed by atoms with Crippen LogP contribution in [0.2, 0.25) is 0 Å². The van der Waals surface area contributed by atoms with Gasteiger partial charge in [0, 0.05) is 6.54 Å². The van der Waals surface area contributed by atoms with E-state index in [2.05, 4.69) is 5.32 Å². The first-order chi connectivity index (χ1) is 7.40. The number of ether oxygens (including phenoxy) is 2. The second kappa shape index (κ2) is 5.03. The van der Waals surface area contributed by atoms with Crippen molar-refractivity contribution in [3.05, 3.63) is 24.3 Å². The zero-order valence-electron chi connectivity index (χ0n) is 9.03. The van der Waals surface area contributed by atoms with Gasteiger partial charge in [0.2, 0.25) is 0 Å². The Bertz CT molecular complexity index is 308. The third-order valence-corrected chi connectivity index (χ3v) is 2.61. The third kappa shape index (κ3) is 2.63. The van der Waals surface area contributed by atoms with Gasteiger partial charge >= 0.3 is 0 Å². The molecule has 1 aliphatic heterocycles. The Morgan fingerprint density at radius 2 is 2.07 bits per heavy atom. The van der Waals surface area contributed by atoms with Crippen molar-refractivity contribution in [3.63, 3.8) is 0 Å². The Kier molecular flexibility index (Phi) is 3.45. The molecule has 1 aromatic rings. The SMILES string of the molecule is COc1ccccc1OC1CCCNC1. The summed E-state index contributed by atoms with van der Waals surface area (Å²) >= 11 is 0. The molecule has 0 saturated carbocycles. The lowest BCUT2D eigenvalue weighted by Gasteiger charge is -2.24. The highest BCUT2D eigenvalue weighted by atomic mass is 16.5. The molecule has 1 aliphatic rings. The van der Waals surface area contributed by atoms with Gasteiger partial charge in [-0.05, 0) is 31.5 Å². The van der Waals surface area contributed by atoms with Crippen LogP contribution in [0.3, 0.4) is 0 Å². The molecule has 15 heavy (non-hydrogen) atoms. The van der Waals surface area contributed by atoms with Crippen molar-refractivity contribution >= 4 is 0 Å². The van der Waals surface area contributed by atoms with Crippen molar-refractivity contribution in [3.8, 4) is 11.5 Å². The highest BCUT2D eigenvalue weighted by Crippen LogP contribution is 2.27. The number of methoxy groups -OCH3 is 1. The highest BCUT2D eigenvalue weighted by molar-refractivity contribution is 5.39. The summed E-state index contributed by atoms with van der Waals surface area (Å²) in [7, 11) is 1.67. The first-order valence-electron chi connectivity index (χ1n) is 5.40. The fourth-order valence-corrected chi connectivity index (χ4v) is 1.82. The topological polar surface area (TPSA) is 30.5 Å². The van der Waals surface area contributed by atoms with Crippen LogP contribution >= 0.6 is 0 Å². The van der Waals surface area contributed by atoms with Gasteiger partial charge in [0.15, 0.2) is 11.5 Å². The largest absolute Gasteiger partial charge is 0.493 e. The Morgan fingerprint density at radius 3 is 2.73 bits per heavy atom. The van der Waals surface area contributed by atoms with E-state index >= 15 is 0 Å². The molecule has 1 atom stereocenters. The van der Waals surface area contributed by atoms with Gasteiger partial charge in [0.25, 0.3) is 0 Å². The van der Waals surface area contributed by atoms with E-state index in [9.17, 15) is 0 Å². The minimum absolute atomic E-state index is 0.273. The molecule has 1 unspecified atom stereocenters. The van der Waals surface area contributed by atoms with Gasteiger partial charge in [-0.2, -0.15) is 0 Å². The molecule has 2 rings (SSSR count).